The molecular weight excluding hydrogens is 144 g/mol. The molecule has 0 bridgehead atoms. The van der Waals surface area contributed by atoms with Crippen molar-refractivity contribution in [1.29, 1.82) is 0 Å². The third-order valence-electron chi connectivity index (χ3n) is 1.69. The first-order valence-corrected chi connectivity index (χ1v) is 3.55. The van der Waals surface area contributed by atoms with Crippen molar-refractivity contribution in [2.45, 2.75) is 19.8 Å². The van der Waals surface area contributed by atoms with Crippen molar-refractivity contribution >= 4 is 11.8 Å². The molecule has 1 aliphatic rings. The first kappa shape index (κ1) is 7.98. The zero-order chi connectivity index (χ0) is 8.43. The first-order valence-electron chi connectivity index (χ1n) is 3.55. The van der Waals surface area contributed by atoms with E-state index >= 15 is 0 Å². The second-order valence-electron chi connectivity index (χ2n) is 2.87. The number of carboxylic acid groups (broad SMARTS) is 1. The number of hydrogen-bond donors (Lipinski definition) is 1. The molecule has 0 unspecified atom stereocenters. The van der Waals surface area contributed by atoms with E-state index in [0.717, 1.165) is 0 Å². The van der Waals surface area contributed by atoms with Crippen LogP contribution in [-0.2, 0) is 9.59 Å². The van der Waals surface area contributed by atoms with Crippen molar-refractivity contribution < 1.29 is 14.7 Å². The van der Waals surface area contributed by atoms with Gasteiger partial charge in [-0.1, -0.05) is 13.0 Å². The van der Waals surface area contributed by atoms with Crippen molar-refractivity contribution in [1.82, 2.24) is 0 Å². The second-order valence-corrected chi connectivity index (χ2v) is 2.87. The van der Waals surface area contributed by atoms with Crippen LogP contribution < -0.4 is 0 Å². The lowest BCUT2D eigenvalue weighted by molar-refractivity contribution is -0.136. The Labute approximate surface area is 64.7 Å². The van der Waals surface area contributed by atoms with Gasteiger partial charge < -0.3 is 5.11 Å². The molecule has 1 rings (SSSR count). The Balaban J connectivity index is 2.64. The van der Waals surface area contributed by atoms with Gasteiger partial charge in [-0.15, -0.1) is 0 Å². The molecule has 11 heavy (non-hydrogen) atoms. The van der Waals surface area contributed by atoms with Gasteiger partial charge in [0.2, 0.25) is 0 Å². The number of ketones is 1. The Bertz CT molecular complexity index is 227. The highest BCUT2D eigenvalue weighted by atomic mass is 16.4. The Morgan fingerprint density at radius 1 is 1.82 bits per heavy atom. The molecule has 3 nitrogen and oxygen atoms in total. The molecule has 0 radical (unpaired) electrons. The lowest BCUT2D eigenvalue weighted by Gasteiger charge is -1.92. The van der Waals surface area contributed by atoms with Crippen molar-refractivity contribution in [3.8, 4) is 0 Å². The molecule has 0 aliphatic heterocycles. The first-order chi connectivity index (χ1) is 5.09. The number of carbonyl (C=O) groups excluding carboxylic acids is 1. The zero-order valence-corrected chi connectivity index (χ0v) is 6.33. The highest BCUT2D eigenvalue weighted by Crippen LogP contribution is 2.22. The largest absolute Gasteiger partial charge is 0.481 e. The van der Waals surface area contributed by atoms with Gasteiger partial charge >= 0.3 is 5.97 Å². The summed E-state index contributed by atoms with van der Waals surface area (Å²) < 4.78 is 0. The second kappa shape index (κ2) is 2.86. The fourth-order valence-corrected chi connectivity index (χ4v) is 1.24. The van der Waals surface area contributed by atoms with Crippen LogP contribution in [0.4, 0.5) is 0 Å². The van der Waals surface area contributed by atoms with Crippen LogP contribution >= 0.6 is 0 Å². The van der Waals surface area contributed by atoms with Gasteiger partial charge in [-0.25, -0.2) is 0 Å². The van der Waals surface area contributed by atoms with Gasteiger partial charge in [-0.3, -0.25) is 9.59 Å². The summed E-state index contributed by atoms with van der Waals surface area (Å²) in [5.41, 5.74) is 0.463. The molecule has 0 fully saturated rings. The van der Waals surface area contributed by atoms with E-state index in [1.807, 2.05) is 6.92 Å². The fourth-order valence-electron chi connectivity index (χ4n) is 1.24. The Kier molecular flexibility index (Phi) is 2.08. The maximum absolute atomic E-state index is 11.0. The summed E-state index contributed by atoms with van der Waals surface area (Å²) >= 11 is 0. The summed E-state index contributed by atoms with van der Waals surface area (Å²) in [7, 11) is 0. The summed E-state index contributed by atoms with van der Waals surface area (Å²) in [5.74, 6) is -0.726. The molecule has 60 valence electrons. The highest BCUT2D eigenvalue weighted by Gasteiger charge is 2.21. The third kappa shape index (κ3) is 1.90. The van der Waals surface area contributed by atoms with E-state index in [1.165, 1.54) is 0 Å². The lowest BCUT2D eigenvalue weighted by Crippen LogP contribution is -2.03. The van der Waals surface area contributed by atoms with E-state index in [9.17, 15) is 9.59 Å². The Morgan fingerprint density at radius 3 is 2.82 bits per heavy atom. The van der Waals surface area contributed by atoms with Crippen LogP contribution in [0.2, 0.25) is 0 Å². The summed E-state index contributed by atoms with van der Waals surface area (Å²) in [6.45, 7) is 1.91. The molecule has 0 saturated carbocycles. The molecule has 0 heterocycles. The SMILES string of the molecule is C[C@H]1C=C(CC(=O)O)C(=O)C1. The van der Waals surface area contributed by atoms with E-state index in [-0.39, 0.29) is 18.1 Å². The van der Waals surface area contributed by atoms with Gasteiger partial charge in [0, 0.05) is 12.0 Å². The van der Waals surface area contributed by atoms with Gasteiger partial charge in [0.05, 0.1) is 6.42 Å². The van der Waals surface area contributed by atoms with E-state index in [4.69, 9.17) is 5.11 Å². The average Bonchev–Trinajstić information content (AvgIpc) is 2.09. The monoisotopic (exact) mass is 154 g/mol. The molecule has 3 heteroatoms. The number of carboxylic acids is 1. The van der Waals surface area contributed by atoms with E-state index in [1.54, 1.807) is 6.08 Å². The van der Waals surface area contributed by atoms with E-state index in [0.29, 0.717) is 12.0 Å². The van der Waals surface area contributed by atoms with Crippen molar-refractivity contribution in [3.05, 3.63) is 11.6 Å². The molecule has 0 amide bonds. The highest BCUT2D eigenvalue weighted by molar-refractivity contribution is 6.01. The van der Waals surface area contributed by atoms with Crippen LogP contribution in [0.1, 0.15) is 19.8 Å². The summed E-state index contributed by atoms with van der Waals surface area (Å²) in [4.78, 5) is 21.2. The third-order valence-corrected chi connectivity index (χ3v) is 1.69. The molecule has 0 aromatic carbocycles. The molecular formula is C8H10O3. The normalized spacial score (nSPS) is 23.5. The topological polar surface area (TPSA) is 54.4 Å². The average molecular weight is 154 g/mol. The van der Waals surface area contributed by atoms with Crippen molar-refractivity contribution in [2.75, 3.05) is 0 Å². The maximum atomic E-state index is 11.0. The maximum Gasteiger partial charge on any atom is 0.307 e. The zero-order valence-electron chi connectivity index (χ0n) is 6.33. The van der Waals surface area contributed by atoms with Crippen LogP contribution in [0, 0.1) is 5.92 Å². The van der Waals surface area contributed by atoms with Crippen LogP contribution in [0.5, 0.6) is 0 Å². The molecule has 0 spiro atoms. The van der Waals surface area contributed by atoms with Gasteiger partial charge in [-0.05, 0) is 5.92 Å². The molecule has 1 N–H and O–H groups in total. The molecule has 1 atom stereocenters. The Morgan fingerprint density at radius 2 is 2.45 bits per heavy atom. The molecule has 0 aromatic heterocycles. The Hall–Kier alpha value is -1.12. The van der Waals surface area contributed by atoms with Gasteiger partial charge in [0.25, 0.3) is 0 Å². The van der Waals surface area contributed by atoms with Gasteiger partial charge in [0.15, 0.2) is 5.78 Å². The number of hydrogen-bond acceptors (Lipinski definition) is 2. The number of rotatable bonds is 2. The van der Waals surface area contributed by atoms with Crippen molar-refractivity contribution in [2.24, 2.45) is 5.92 Å². The molecule has 0 aromatic rings. The van der Waals surface area contributed by atoms with Gasteiger partial charge in [0.1, 0.15) is 0 Å². The summed E-state index contributed by atoms with van der Waals surface area (Å²) in [6.07, 6.45) is 2.10. The minimum atomic E-state index is -0.932. The lowest BCUT2D eigenvalue weighted by atomic mass is 10.1. The number of Topliss-reactive ketones (excluding diaryl/α,β-unsaturated/α-hetero) is 1. The number of aliphatic carboxylic acids is 1. The van der Waals surface area contributed by atoms with Crippen molar-refractivity contribution in [3.63, 3.8) is 0 Å². The molecule has 0 saturated heterocycles. The quantitative estimate of drug-likeness (QED) is 0.645. The van der Waals surface area contributed by atoms with Crippen LogP contribution in [0.3, 0.4) is 0 Å². The summed E-state index contributed by atoms with van der Waals surface area (Å²) in [6, 6.07) is 0. The standard InChI is InChI=1S/C8H10O3/c1-5-2-6(4-8(10)11)7(9)3-5/h2,5H,3-4H2,1H3,(H,10,11)/t5-/m0/s1. The smallest absolute Gasteiger partial charge is 0.307 e. The minimum absolute atomic E-state index is 0.0140. The summed E-state index contributed by atoms with van der Waals surface area (Å²) in [5, 5.41) is 8.38. The number of carbonyl (C=O) groups is 2. The van der Waals surface area contributed by atoms with Crippen LogP contribution in [0.15, 0.2) is 11.6 Å². The fraction of sp³-hybridized carbons (Fsp3) is 0.500. The predicted molar refractivity (Wildman–Crippen MR) is 39.1 cm³/mol. The van der Waals surface area contributed by atoms with Crippen LogP contribution in [-0.4, -0.2) is 16.9 Å². The van der Waals surface area contributed by atoms with Gasteiger partial charge in [-0.2, -0.15) is 0 Å². The van der Waals surface area contributed by atoms with Crippen LogP contribution in [0.25, 0.3) is 0 Å². The van der Waals surface area contributed by atoms with E-state index < -0.39 is 5.97 Å². The number of allylic oxidation sites excluding steroid dienone is 1. The van der Waals surface area contributed by atoms with E-state index in [2.05, 4.69) is 0 Å². The minimum Gasteiger partial charge on any atom is -0.481 e. The predicted octanol–water partition coefficient (Wildman–Crippen LogP) is 0.996. The molecule has 1 aliphatic carbocycles.